The van der Waals surface area contributed by atoms with Gasteiger partial charge in [-0.25, -0.2) is 14.8 Å². The lowest BCUT2D eigenvalue weighted by atomic mass is 9.80. The molecule has 1 fully saturated rings. The topological polar surface area (TPSA) is 187 Å². The van der Waals surface area contributed by atoms with E-state index in [0.717, 1.165) is 49.0 Å². The average Bonchev–Trinajstić information content (AvgIpc) is 4.02. The fourth-order valence-electron chi connectivity index (χ4n) is 10.4. The van der Waals surface area contributed by atoms with Crippen LogP contribution in [0.2, 0.25) is 0 Å². The summed E-state index contributed by atoms with van der Waals surface area (Å²) in [7, 11) is 1.78. The molecule has 1 atom stereocenters. The first kappa shape index (κ1) is 52.2. The molecule has 0 saturated carbocycles. The second kappa shape index (κ2) is 21.1. The molecule has 15 nitrogen and oxygen atoms in total. The molecule has 4 amide bonds. The minimum atomic E-state index is -0.815. The number of imide groups is 1. The van der Waals surface area contributed by atoms with Crippen LogP contribution in [-0.4, -0.2) is 61.5 Å². The van der Waals surface area contributed by atoms with E-state index in [1.54, 1.807) is 11.7 Å². The summed E-state index contributed by atoms with van der Waals surface area (Å²) in [5, 5.41) is 14.5. The van der Waals surface area contributed by atoms with Crippen molar-refractivity contribution in [3.63, 3.8) is 0 Å². The number of ether oxygens (including phenoxy) is 2. The summed E-state index contributed by atoms with van der Waals surface area (Å²) in [5.74, 6) is -0.332. The van der Waals surface area contributed by atoms with Crippen molar-refractivity contribution in [2.45, 2.75) is 110 Å². The van der Waals surface area contributed by atoms with Crippen LogP contribution in [0.3, 0.4) is 0 Å². The molecule has 10 rings (SSSR count). The Morgan fingerprint density at radius 1 is 0.844 bits per heavy atom. The normalized spacial score (nSPS) is 14.8. The van der Waals surface area contributed by atoms with Crippen LogP contribution in [0.4, 0.5) is 16.6 Å². The molecular weight excluding hydrogens is 989 g/mol. The number of nitrogens with one attached hydrogen (secondary N) is 3. The molecule has 77 heavy (non-hydrogen) atoms. The SMILES string of the molecule is Cc1c(Oc2ccccc2CCCC(=O)Nc2cccc3c(C4CCC(=O)NC4=O)nn(C)c23)cccc1-c1c(C(C)(C)C)cc(N2CCc3cccc(C(=O)Nc4nc5ccccc5s4)c3C2)nc1C(=O)OC(C)(C)C. The monoisotopic (exact) mass is 1050 g/mol. The number of nitrogens with zero attached hydrogens (tertiary/aromatic N) is 5. The van der Waals surface area contributed by atoms with Gasteiger partial charge in [0.25, 0.3) is 5.91 Å². The van der Waals surface area contributed by atoms with Crippen molar-refractivity contribution >= 4 is 78.7 Å². The van der Waals surface area contributed by atoms with Crippen molar-refractivity contribution in [2.24, 2.45) is 7.05 Å². The highest BCUT2D eigenvalue weighted by molar-refractivity contribution is 7.22. The van der Waals surface area contributed by atoms with Gasteiger partial charge in [0.1, 0.15) is 22.9 Å². The molecule has 1 saturated heterocycles. The molecule has 2 aliphatic rings. The summed E-state index contributed by atoms with van der Waals surface area (Å²) in [6.07, 6.45) is 2.59. The first-order valence-corrected chi connectivity index (χ1v) is 26.9. The van der Waals surface area contributed by atoms with E-state index in [-0.39, 0.29) is 42.2 Å². The van der Waals surface area contributed by atoms with Gasteiger partial charge in [0.05, 0.1) is 33.0 Å². The number of aromatic nitrogens is 4. The lowest BCUT2D eigenvalue weighted by Crippen LogP contribution is -2.39. The predicted octanol–water partition coefficient (Wildman–Crippen LogP) is 11.9. The highest BCUT2D eigenvalue weighted by Crippen LogP contribution is 2.43. The van der Waals surface area contributed by atoms with Gasteiger partial charge in [-0.1, -0.05) is 98.8 Å². The number of hydrogen-bond donors (Lipinski definition) is 3. The highest BCUT2D eigenvalue weighted by atomic mass is 32.1. The van der Waals surface area contributed by atoms with Crippen molar-refractivity contribution in [2.75, 3.05) is 22.1 Å². The van der Waals surface area contributed by atoms with Crippen LogP contribution in [0.15, 0.2) is 109 Å². The molecular formula is C61H62N8O7S. The molecule has 394 valence electrons. The number of fused-ring (bicyclic) bond motifs is 3. The van der Waals surface area contributed by atoms with E-state index in [9.17, 15) is 24.0 Å². The third-order valence-corrected chi connectivity index (χ3v) is 15.0. The Hall–Kier alpha value is -8.24. The highest BCUT2D eigenvalue weighted by Gasteiger charge is 2.34. The van der Waals surface area contributed by atoms with Gasteiger partial charge < -0.3 is 19.7 Å². The number of aryl methyl sites for hydroxylation is 2. The number of pyridine rings is 1. The van der Waals surface area contributed by atoms with E-state index in [2.05, 4.69) is 63.8 Å². The Morgan fingerprint density at radius 3 is 2.38 bits per heavy atom. The molecule has 5 aromatic carbocycles. The molecule has 2 aliphatic heterocycles. The third-order valence-electron chi connectivity index (χ3n) is 14.1. The van der Waals surface area contributed by atoms with Gasteiger partial charge in [0.15, 0.2) is 10.8 Å². The van der Waals surface area contributed by atoms with E-state index < -0.39 is 22.9 Å². The van der Waals surface area contributed by atoms with Crippen LogP contribution in [0, 0.1) is 6.92 Å². The Bertz CT molecular complexity index is 3630. The second-order valence-electron chi connectivity index (χ2n) is 21.8. The zero-order chi connectivity index (χ0) is 54.3. The van der Waals surface area contributed by atoms with E-state index in [0.29, 0.717) is 89.2 Å². The summed E-state index contributed by atoms with van der Waals surface area (Å²) >= 11 is 1.43. The zero-order valence-electron chi connectivity index (χ0n) is 44.6. The number of amides is 4. The maximum absolute atomic E-state index is 14.6. The molecule has 3 N–H and O–H groups in total. The quantitative estimate of drug-likeness (QED) is 0.0737. The zero-order valence-corrected chi connectivity index (χ0v) is 45.4. The molecule has 5 heterocycles. The first-order valence-electron chi connectivity index (χ1n) is 26.1. The number of para-hydroxylation sites is 3. The Labute approximate surface area is 451 Å². The number of esters is 1. The van der Waals surface area contributed by atoms with Gasteiger partial charge in [0, 0.05) is 49.5 Å². The summed E-state index contributed by atoms with van der Waals surface area (Å²) in [4.78, 5) is 78.8. The van der Waals surface area contributed by atoms with Gasteiger partial charge in [-0.05, 0) is 135 Å². The lowest BCUT2D eigenvalue weighted by molar-refractivity contribution is -0.134. The summed E-state index contributed by atoms with van der Waals surface area (Å²) in [6, 6.07) is 34.8. The number of hydrogen-bond acceptors (Lipinski definition) is 12. The van der Waals surface area contributed by atoms with Crippen molar-refractivity contribution in [1.29, 1.82) is 0 Å². The number of benzene rings is 5. The van der Waals surface area contributed by atoms with E-state index in [1.165, 1.54) is 11.3 Å². The number of thiazole rings is 1. The fraction of sp³-hybridized carbons (Fsp3) is 0.311. The van der Waals surface area contributed by atoms with Crippen LogP contribution in [-0.2, 0) is 51.0 Å². The van der Waals surface area contributed by atoms with Crippen molar-refractivity contribution in [3.8, 4) is 22.6 Å². The molecule has 0 aliphatic carbocycles. The van der Waals surface area contributed by atoms with E-state index in [4.69, 9.17) is 14.5 Å². The van der Waals surface area contributed by atoms with Gasteiger partial charge in [0.2, 0.25) is 17.7 Å². The van der Waals surface area contributed by atoms with Crippen molar-refractivity contribution in [1.82, 2.24) is 25.1 Å². The minimum absolute atomic E-state index is 0.169. The molecule has 3 aromatic heterocycles. The first-order chi connectivity index (χ1) is 36.8. The third kappa shape index (κ3) is 11.1. The van der Waals surface area contributed by atoms with Crippen LogP contribution >= 0.6 is 11.3 Å². The number of rotatable bonds is 13. The lowest BCUT2D eigenvalue weighted by Gasteiger charge is -2.34. The van der Waals surface area contributed by atoms with Crippen LogP contribution in [0.5, 0.6) is 11.5 Å². The van der Waals surface area contributed by atoms with Gasteiger partial charge in [-0.2, -0.15) is 5.10 Å². The molecule has 0 radical (unpaired) electrons. The Morgan fingerprint density at radius 2 is 1.60 bits per heavy atom. The van der Waals surface area contributed by atoms with Crippen LogP contribution < -0.4 is 25.6 Å². The maximum Gasteiger partial charge on any atom is 0.358 e. The predicted molar refractivity (Wildman–Crippen MR) is 301 cm³/mol. The maximum atomic E-state index is 14.6. The molecule has 1 unspecified atom stereocenters. The number of carbonyl (C=O) groups is 5. The molecule has 0 spiro atoms. The van der Waals surface area contributed by atoms with E-state index >= 15 is 0 Å². The largest absolute Gasteiger partial charge is 0.457 e. The van der Waals surface area contributed by atoms with E-state index in [1.807, 2.05) is 125 Å². The van der Waals surface area contributed by atoms with Gasteiger partial charge in [-0.3, -0.25) is 34.5 Å². The van der Waals surface area contributed by atoms with Crippen molar-refractivity contribution in [3.05, 3.63) is 154 Å². The Balaban J connectivity index is 0.901. The number of anilines is 3. The standard InChI is InChI=1S/C61H62N8O7S/c1-35-38(20-16-26-46(35)75-47-25-11-9-17-37(47)19-14-28-50(70)62-45-24-15-22-40-53(67-68(8)55(40)45)41-29-30-51(71)65-57(41)73)52-43(60(2,3)4)33-49(64-54(52)58(74)76-61(5,6)7)69-32-31-36-18-13-21-39(42(36)34-69)56(72)66-59-63-44-23-10-12-27-48(44)77-59/h9-13,15-18,20-27,33,41H,14,19,28-32,34H2,1-8H3,(H,62,70)(H,63,66,72)(H,65,71,73). The van der Waals surface area contributed by atoms with Crippen LogP contribution in [0.1, 0.15) is 128 Å². The Kier molecular flexibility index (Phi) is 14.3. The average molecular weight is 1050 g/mol. The van der Waals surface area contributed by atoms with Crippen molar-refractivity contribution < 1.29 is 33.4 Å². The summed E-state index contributed by atoms with van der Waals surface area (Å²) in [5.41, 5.74) is 8.15. The number of carbonyl (C=O) groups excluding carboxylic acids is 5. The van der Waals surface area contributed by atoms with Gasteiger partial charge >= 0.3 is 5.97 Å². The molecule has 0 bridgehead atoms. The molecule has 16 heteroatoms. The number of piperidine rings is 1. The second-order valence-corrected chi connectivity index (χ2v) is 22.8. The molecule has 8 aromatic rings. The summed E-state index contributed by atoms with van der Waals surface area (Å²) < 4.78 is 15.6. The smallest absolute Gasteiger partial charge is 0.358 e. The fourth-order valence-corrected chi connectivity index (χ4v) is 11.2. The summed E-state index contributed by atoms with van der Waals surface area (Å²) in [6.45, 7) is 14.9. The van der Waals surface area contributed by atoms with Crippen LogP contribution in [0.25, 0.3) is 32.2 Å². The van der Waals surface area contributed by atoms with Gasteiger partial charge in [-0.15, -0.1) is 0 Å². The minimum Gasteiger partial charge on any atom is -0.457 e.